The zero-order valence-electron chi connectivity index (χ0n) is 8.18. The molecule has 1 N–H and O–H groups in total. The average molecular weight is 201 g/mol. The van der Waals surface area contributed by atoms with Gasteiger partial charge in [-0.25, -0.2) is 0 Å². The fourth-order valence-electron chi connectivity index (χ4n) is 1.13. The van der Waals surface area contributed by atoms with E-state index in [0.717, 1.165) is 12.5 Å². The molecular weight excluding hydrogens is 188 g/mol. The second-order valence-corrected chi connectivity index (χ2v) is 3.05. The lowest BCUT2D eigenvalue weighted by Crippen LogP contribution is -2.20. The van der Waals surface area contributed by atoms with Crippen molar-refractivity contribution in [3.8, 4) is 5.75 Å². The summed E-state index contributed by atoms with van der Waals surface area (Å²) in [6, 6.07) is 6.73. The highest BCUT2D eigenvalue weighted by atomic mass is 19.3. The van der Waals surface area contributed by atoms with Crippen LogP contribution in [0.2, 0.25) is 0 Å². The maximum Gasteiger partial charge on any atom is 0.394 e. The van der Waals surface area contributed by atoms with Crippen LogP contribution in [0.25, 0.3) is 0 Å². The molecule has 2 nitrogen and oxygen atoms in total. The van der Waals surface area contributed by atoms with Gasteiger partial charge in [0, 0.05) is 19.0 Å². The molecule has 0 fully saturated rings. The number of hydrogen-bond acceptors (Lipinski definition) is 2. The van der Waals surface area contributed by atoms with Crippen LogP contribution in [0.5, 0.6) is 5.75 Å². The predicted molar refractivity (Wildman–Crippen MR) is 50.5 cm³/mol. The van der Waals surface area contributed by atoms with Gasteiger partial charge in [0.15, 0.2) is 0 Å². The van der Waals surface area contributed by atoms with E-state index >= 15 is 0 Å². The minimum atomic E-state index is -3.14. The quantitative estimate of drug-likeness (QED) is 0.807. The van der Waals surface area contributed by atoms with Crippen LogP contribution in [-0.4, -0.2) is 13.2 Å². The number of ether oxygens (including phenoxy) is 1. The molecule has 0 saturated carbocycles. The van der Waals surface area contributed by atoms with Crippen LogP contribution < -0.4 is 10.1 Å². The Kier molecular flexibility index (Phi) is 3.41. The van der Waals surface area contributed by atoms with Crippen LogP contribution in [0.3, 0.4) is 0 Å². The Morgan fingerprint density at radius 2 is 2.00 bits per heavy atom. The summed E-state index contributed by atoms with van der Waals surface area (Å²) in [5, 5.41) is 2.89. The van der Waals surface area contributed by atoms with Crippen LogP contribution in [0.1, 0.15) is 12.5 Å². The van der Waals surface area contributed by atoms with Gasteiger partial charge in [-0.05, 0) is 13.1 Å². The summed E-state index contributed by atoms with van der Waals surface area (Å²) in [5.41, 5.74) is 0.719. The lowest BCUT2D eigenvalue weighted by molar-refractivity contribution is -0.159. The molecule has 0 aliphatic rings. The fourth-order valence-corrected chi connectivity index (χ4v) is 1.13. The lowest BCUT2D eigenvalue weighted by atomic mass is 10.2. The molecule has 78 valence electrons. The standard InChI is InChI=1S/C10H13F2NO/c1-10(11,12)14-9-6-4-3-5-8(9)7-13-2/h3-6,13H,7H2,1-2H3. The van der Waals surface area contributed by atoms with E-state index in [-0.39, 0.29) is 5.75 Å². The van der Waals surface area contributed by atoms with E-state index in [2.05, 4.69) is 10.1 Å². The summed E-state index contributed by atoms with van der Waals surface area (Å²) < 4.78 is 29.7. The maximum absolute atomic E-state index is 12.6. The predicted octanol–water partition coefficient (Wildman–Crippen LogP) is 2.40. The molecule has 1 rings (SSSR count). The van der Waals surface area contributed by atoms with Crippen LogP contribution in [-0.2, 0) is 6.54 Å². The van der Waals surface area contributed by atoms with Crippen LogP contribution in [0.15, 0.2) is 24.3 Å². The van der Waals surface area contributed by atoms with Crippen molar-refractivity contribution in [1.82, 2.24) is 5.32 Å². The van der Waals surface area contributed by atoms with Crippen LogP contribution >= 0.6 is 0 Å². The van der Waals surface area contributed by atoms with Crippen LogP contribution in [0.4, 0.5) is 8.78 Å². The third kappa shape index (κ3) is 3.30. The van der Waals surface area contributed by atoms with E-state index in [1.54, 1.807) is 25.2 Å². The number of rotatable bonds is 4. The Balaban J connectivity index is 2.84. The first-order chi connectivity index (χ1) is 6.53. The number of para-hydroxylation sites is 1. The second-order valence-electron chi connectivity index (χ2n) is 3.05. The van der Waals surface area contributed by atoms with Gasteiger partial charge in [0.25, 0.3) is 0 Å². The van der Waals surface area contributed by atoms with Crippen molar-refractivity contribution in [2.75, 3.05) is 7.05 Å². The van der Waals surface area contributed by atoms with Gasteiger partial charge in [0.2, 0.25) is 0 Å². The molecule has 0 amide bonds. The zero-order valence-corrected chi connectivity index (χ0v) is 8.18. The molecular formula is C10H13F2NO. The molecule has 4 heteroatoms. The maximum atomic E-state index is 12.6. The Labute approximate surface area is 81.9 Å². The number of alkyl halides is 2. The normalized spacial score (nSPS) is 11.4. The summed E-state index contributed by atoms with van der Waals surface area (Å²) in [7, 11) is 1.75. The van der Waals surface area contributed by atoms with Crippen molar-refractivity contribution in [1.29, 1.82) is 0 Å². The molecule has 0 aliphatic heterocycles. The smallest absolute Gasteiger partial charge is 0.394 e. The highest BCUT2D eigenvalue weighted by Gasteiger charge is 2.24. The molecule has 0 aliphatic carbocycles. The third-order valence-electron chi connectivity index (χ3n) is 1.63. The first-order valence-electron chi connectivity index (χ1n) is 4.32. The summed E-state index contributed by atoms with van der Waals surface area (Å²) in [4.78, 5) is 0. The zero-order chi connectivity index (χ0) is 10.6. The van der Waals surface area contributed by atoms with Crippen LogP contribution in [0, 0.1) is 0 Å². The van der Waals surface area contributed by atoms with E-state index in [0.29, 0.717) is 6.54 Å². The molecule has 0 aromatic heterocycles. The molecule has 1 aromatic carbocycles. The van der Waals surface area contributed by atoms with Gasteiger partial charge in [0.05, 0.1) is 0 Å². The van der Waals surface area contributed by atoms with E-state index < -0.39 is 6.11 Å². The highest BCUT2D eigenvalue weighted by molar-refractivity contribution is 5.33. The summed E-state index contributed by atoms with van der Waals surface area (Å²) in [6.45, 7) is 1.23. The number of nitrogens with one attached hydrogen (secondary N) is 1. The Morgan fingerprint density at radius 1 is 1.36 bits per heavy atom. The van der Waals surface area contributed by atoms with Crippen molar-refractivity contribution in [2.24, 2.45) is 0 Å². The first kappa shape index (κ1) is 10.9. The SMILES string of the molecule is CNCc1ccccc1OC(C)(F)F. The topological polar surface area (TPSA) is 21.3 Å². The molecule has 0 atom stereocenters. The molecule has 0 bridgehead atoms. The van der Waals surface area contributed by atoms with Gasteiger partial charge in [-0.2, -0.15) is 8.78 Å². The van der Waals surface area contributed by atoms with Crippen molar-refractivity contribution in [3.05, 3.63) is 29.8 Å². The Morgan fingerprint density at radius 3 is 2.57 bits per heavy atom. The Hall–Kier alpha value is -1.16. The van der Waals surface area contributed by atoms with E-state index in [4.69, 9.17) is 0 Å². The Bertz CT molecular complexity index is 296. The van der Waals surface area contributed by atoms with Gasteiger partial charge < -0.3 is 10.1 Å². The average Bonchev–Trinajstić information content (AvgIpc) is 2.06. The summed E-state index contributed by atoms with van der Waals surface area (Å²) >= 11 is 0. The largest absolute Gasteiger partial charge is 0.432 e. The van der Waals surface area contributed by atoms with Crippen molar-refractivity contribution in [2.45, 2.75) is 19.6 Å². The van der Waals surface area contributed by atoms with Gasteiger partial charge in [-0.3, -0.25) is 0 Å². The number of halogens is 2. The summed E-state index contributed by atoms with van der Waals surface area (Å²) in [5.74, 6) is 0.217. The van der Waals surface area contributed by atoms with E-state index in [9.17, 15) is 8.78 Å². The minimum absolute atomic E-state index is 0.217. The summed E-state index contributed by atoms with van der Waals surface area (Å²) in [6.07, 6.45) is -3.14. The molecule has 0 saturated heterocycles. The van der Waals surface area contributed by atoms with Gasteiger partial charge in [-0.1, -0.05) is 18.2 Å². The molecule has 1 aromatic rings. The fraction of sp³-hybridized carbons (Fsp3) is 0.400. The number of hydrogen-bond donors (Lipinski definition) is 1. The van der Waals surface area contributed by atoms with Gasteiger partial charge in [0.1, 0.15) is 5.75 Å². The second kappa shape index (κ2) is 4.37. The van der Waals surface area contributed by atoms with Crippen molar-refractivity contribution < 1.29 is 13.5 Å². The van der Waals surface area contributed by atoms with Gasteiger partial charge in [-0.15, -0.1) is 0 Å². The molecule has 0 heterocycles. The number of benzene rings is 1. The van der Waals surface area contributed by atoms with E-state index in [1.165, 1.54) is 6.07 Å². The molecule has 0 radical (unpaired) electrons. The van der Waals surface area contributed by atoms with E-state index in [1.807, 2.05) is 0 Å². The monoisotopic (exact) mass is 201 g/mol. The molecule has 14 heavy (non-hydrogen) atoms. The highest BCUT2D eigenvalue weighted by Crippen LogP contribution is 2.24. The third-order valence-corrected chi connectivity index (χ3v) is 1.63. The molecule has 0 spiro atoms. The first-order valence-corrected chi connectivity index (χ1v) is 4.32. The minimum Gasteiger partial charge on any atom is -0.432 e. The lowest BCUT2D eigenvalue weighted by Gasteiger charge is -2.15. The van der Waals surface area contributed by atoms with Gasteiger partial charge >= 0.3 is 6.11 Å². The molecule has 0 unspecified atom stereocenters. The van der Waals surface area contributed by atoms with Crippen molar-refractivity contribution in [3.63, 3.8) is 0 Å². The van der Waals surface area contributed by atoms with Crippen molar-refractivity contribution >= 4 is 0 Å².